The maximum atomic E-state index is 4.21. The van der Waals surface area contributed by atoms with Crippen molar-refractivity contribution in [3.63, 3.8) is 0 Å². The van der Waals surface area contributed by atoms with Gasteiger partial charge in [-0.25, -0.2) is 0 Å². The van der Waals surface area contributed by atoms with Crippen molar-refractivity contribution in [1.82, 2.24) is 0 Å². The van der Waals surface area contributed by atoms with Gasteiger partial charge >= 0.3 is 0 Å². The average Bonchev–Trinajstić information content (AvgIpc) is 1.95. The molecule has 0 aliphatic heterocycles. The molecule has 0 radical (unpaired) electrons. The molecule has 0 heterocycles. The molecule has 0 aromatic rings. The molecule has 0 saturated heterocycles. The van der Waals surface area contributed by atoms with E-state index in [0.717, 1.165) is 13.0 Å². The number of hydrogen-bond acceptors (Lipinski definition) is 1. The predicted molar refractivity (Wildman–Crippen MR) is 56.9 cm³/mol. The quantitative estimate of drug-likeness (QED) is 0.451. The summed E-state index contributed by atoms with van der Waals surface area (Å²) in [5.74, 6) is 0. The molecule has 0 spiro atoms. The normalized spacial score (nSPS) is 14.2. The van der Waals surface area contributed by atoms with Gasteiger partial charge in [0.2, 0.25) is 0 Å². The molecular weight excluding hydrogens is 146 g/mol. The lowest BCUT2D eigenvalue weighted by molar-refractivity contribution is 0.483. The first-order valence-corrected chi connectivity index (χ1v) is 4.62. The molecule has 0 aromatic heterocycles. The van der Waals surface area contributed by atoms with Crippen molar-refractivity contribution < 1.29 is 0 Å². The van der Waals surface area contributed by atoms with Crippen molar-refractivity contribution >= 4 is 6.21 Å². The van der Waals surface area contributed by atoms with Crippen molar-refractivity contribution in [1.29, 1.82) is 0 Å². The molecule has 0 fully saturated rings. The number of hydrogen-bond donors (Lipinski definition) is 0. The summed E-state index contributed by atoms with van der Waals surface area (Å²) >= 11 is 0. The second-order valence-corrected chi connectivity index (χ2v) is 3.98. The van der Waals surface area contributed by atoms with Crippen LogP contribution in [-0.2, 0) is 0 Å². The van der Waals surface area contributed by atoms with E-state index in [-0.39, 0.29) is 0 Å². The van der Waals surface area contributed by atoms with Crippen LogP contribution in [0.15, 0.2) is 16.6 Å². The lowest BCUT2D eigenvalue weighted by atomic mass is 9.84. The Morgan fingerprint density at radius 1 is 1.25 bits per heavy atom. The van der Waals surface area contributed by atoms with E-state index in [4.69, 9.17) is 0 Å². The van der Waals surface area contributed by atoms with Gasteiger partial charge in [0, 0.05) is 6.54 Å². The van der Waals surface area contributed by atoms with E-state index >= 15 is 0 Å². The minimum atomic E-state index is 0.304. The summed E-state index contributed by atoms with van der Waals surface area (Å²) in [5.41, 5.74) is 1.80. The molecule has 0 aliphatic carbocycles. The molecule has 0 amide bonds. The fourth-order valence-electron chi connectivity index (χ4n) is 1.27. The van der Waals surface area contributed by atoms with Gasteiger partial charge in [-0.15, -0.1) is 0 Å². The van der Waals surface area contributed by atoms with Crippen molar-refractivity contribution in [2.75, 3.05) is 6.54 Å². The Morgan fingerprint density at radius 3 is 2.17 bits per heavy atom. The molecule has 0 aliphatic rings. The molecule has 0 unspecified atom stereocenters. The molecule has 0 saturated carbocycles. The Kier molecular flexibility index (Phi) is 4.87. The van der Waals surface area contributed by atoms with Crippen LogP contribution in [0.5, 0.6) is 0 Å². The summed E-state index contributed by atoms with van der Waals surface area (Å²) in [7, 11) is 0. The Hall–Kier alpha value is -0.590. The molecule has 0 aromatic carbocycles. The van der Waals surface area contributed by atoms with E-state index in [1.165, 1.54) is 5.57 Å². The first-order chi connectivity index (χ1) is 5.52. The zero-order valence-electron chi connectivity index (χ0n) is 9.02. The van der Waals surface area contributed by atoms with Gasteiger partial charge in [-0.3, -0.25) is 4.99 Å². The van der Waals surface area contributed by atoms with Crippen molar-refractivity contribution in [2.45, 2.75) is 41.0 Å². The van der Waals surface area contributed by atoms with Crippen LogP contribution >= 0.6 is 0 Å². The highest BCUT2D eigenvalue weighted by atomic mass is 14.7. The van der Waals surface area contributed by atoms with Crippen LogP contribution in [-0.4, -0.2) is 12.8 Å². The van der Waals surface area contributed by atoms with E-state index in [0.29, 0.717) is 5.41 Å². The summed E-state index contributed by atoms with van der Waals surface area (Å²) in [6.45, 7) is 11.7. The van der Waals surface area contributed by atoms with Gasteiger partial charge in [-0.2, -0.15) is 0 Å². The van der Waals surface area contributed by atoms with Crippen LogP contribution in [0.4, 0.5) is 0 Å². The fourth-order valence-corrected chi connectivity index (χ4v) is 1.27. The zero-order valence-corrected chi connectivity index (χ0v) is 9.02. The number of aliphatic imine (C=N–C) groups is 1. The molecule has 12 heavy (non-hydrogen) atoms. The second kappa shape index (κ2) is 5.13. The largest absolute Gasteiger partial charge is 0.297 e. The highest BCUT2D eigenvalue weighted by molar-refractivity contribution is 5.53. The highest BCUT2D eigenvalue weighted by Crippen LogP contribution is 2.27. The summed E-state index contributed by atoms with van der Waals surface area (Å²) in [4.78, 5) is 4.21. The van der Waals surface area contributed by atoms with Crippen LogP contribution in [0.3, 0.4) is 0 Å². The van der Waals surface area contributed by atoms with Gasteiger partial charge in [0.15, 0.2) is 0 Å². The average molecular weight is 167 g/mol. The topological polar surface area (TPSA) is 12.4 Å². The summed E-state index contributed by atoms with van der Waals surface area (Å²) in [6, 6.07) is 0. The molecule has 0 atom stereocenters. The maximum Gasteiger partial charge on any atom is 0.0422 e. The Labute approximate surface area is 76.6 Å². The fraction of sp³-hybridized carbons (Fsp3) is 0.727. The third-order valence-electron chi connectivity index (χ3n) is 2.00. The molecule has 0 N–H and O–H groups in total. The van der Waals surface area contributed by atoms with Gasteiger partial charge < -0.3 is 0 Å². The molecule has 1 nitrogen and oxygen atoms in total. The number of nitrogens with zero attached hydrogens (tertiary/aromatic N) is 1. The van der Waals surface area contributed by atoms with Crippen LogP contribution in [0.1, 0.15) is 41.0 Å². The minimum Gasteiger partial charge on any atom is -0.297 e. The summed E-state index contributed by atoms with van der Waals surface area (Å²) in [6.07, 6.45) is 5.17. The van der Waals surface area contributed by atoms with Gasteiger partial charge in [0.25, 0.3) is 0 Å². The summed E-state index contributed by atoms with van der Waals surface area (Å²) in [5, 5.41) is 0. The van der Waals surface area contributed by atoms with Gasteiger partial charge in [0.1, 0.15) is 0 Å². The third-order valence-corrected chi connectivity index (χ3v) is 2.00. The van der Waals surface area contributed by atoms with E-state index in [9.17, 15) is 0 Å². The van der Waals surface area contributed by atoms with Crippen molar-refractivity contribution in [3.8, 4) is 0 Å². The molecular formula is C11H21N. The molecule has 1 heteroatoms. The number of rotatable bonds is 3. The maximum absolute atomic E-state index is 4.21. The van der Waals surface area contributed by atoms with E-state index in [2.05, 4.69) is 38.8 Å². The predicted octanol–water partition coefficient (Wildman–Crippen LogP) is 3.46. The molecule has 0 bridgehead atoms. The Bertz CT molecular complexity index is 170. The van der Waals surface area contributed by atoms with Gasteiger partial charge in [-0.05, 0) is 31.9 Å². The monoisotopic (exact) mass is 167 g/mol. The smallest absolute Gasteiger partial charge is 0.0422 e. The van der Waals surface area contributed by atoms with Gasteiger partial charge in [0.05, 0.1) is 0 Å². The number of allylic oxidation sites excluding steroid dienone is 1. The molecule has 0 rings (SSSR count). The summed E-state index contributed by atoms with van der Waals surface area (Å²) < 4.78 is 0. The minimum absolute atomic E-state index is 0.304. The molecule has 70 valence electrons. The van der Waals surface area contributed by atoms with Gasteiger partial charge in [-0.1, -0.05) is 32.4 Å². The first kappa shape index (κ1) is 11.4. The first-order valence-electron chi connectivity index (χ1n) is 4.62. The highest BCUT2D eigenvalue weighted by Gasteiger charge is 2.14. The Balaban J connectivity index is 4.04. The van der Waals surface area contributed by atoms with Crippen molar-refractivity contribution in [3.05, 3.63) is 11.6 Å². The van der Waals surface area contributed by atoms with E-state index < -0.39 is 0 Å². The van der Waals surface area contributed by atoms with E-state index in [1.54, 1.807) is 0 Å². The third kappa shape index (κ3) is 4.32. The zero-order chi connectivity index (χ0) is 9.61. The second-order valence-electron chi connectivity index (χ2n) is 3.98. The standard InChI is InChI=1S/C11H21N/c1-6-10(11(3,4)5)8-9-12-7-2/h6-7H,8-9H2,1-5H3/b10-6+,12-7-. The Morgan fingerprint density at radius 2 is 1.83 bits per heavy atom. The van der Waals surface area contributed by atoms with E-state index in [1.807, 2.05) is 13.1 Å². The lowest BCUT2D eigenvalue weighted by Gasteiger charge is -2.22. The van der Waals surface area contributed by atoms with Crippen LogP contribution in [0.2, 0.25) is 0 Å². The van der Waals surface area contributed by atoms with Crippen molar-refractivity contribution in [2.24, 2.45) is 10.4 Å². The van der Waals surface area contributed by atoms with Crippen LogP contribution in [0, 0.1) is 5.41 Å². The van der Waals surface area contributed by atoms with Crippen LogP contribution in [0.25, 0.3) is 0 Å². The lowest BCUT2D eigenvalue weighted by Crippen LogP contribution is -2.10. The SMILES string of the molecule is C/C=N\CC/C(=C\C)C(C)(C)C. The van der Waals surface area contributed by atoms with Crippen LogP contribution < -0.4 is 0 Å².